The molecule has 0 aliphatic rings. The number of nitrogens with one attached hydrogen (secondary N) is 1. The van der Waals surface area contributed by atoms with Gasteiger partial charge in [0.05, 0.1) is 30.9 Å². The molecule has 0 bridgehead atoms. The van der Waals surface area contributed by atoms with Gasteiger partial charge in [-0.1, -0.05) is 43.8 Å². The van der Waals surface area contributed by atoms with Gasteiger partial charge < -0.3 is 14.8 Å². The van der Waals surface area contributed by atoms with Crippen LogP contribution in [-0.4, -0.2) is 42.0 Å². The lowest BCUT2D eigenvalue weighted by atomic mass is 10.1. The maximum Gasteiger partial charge on any atom is 0.262 e. The molecule has 1 aromatic heterocycles. The second-order valence-corrected chi connectivity index (χ2v) is 9.07. The van der Waals surface area contributed by atoms with Gasteiger partial charge in [-0.05, 0) is 48.6 Å². The summed E-state index contributed by atoms with van der Waals surface area (Å²) in [6.45, 7) is 5.33. The Kier molecular flexibility index (Phi) is 8.77. The third-order valence-corrected chi connectivity index (χ3v) is 6.25. The molecular weight excluding hydrogens is 438 g/mol. The number of para-hydroxylation sites is 1. The number of nitrogens with zero attached hydrogens (tertiary/aromatic N) is 2. The molecule has 0 radical (unpaired) electrons. The minimum atomic E-state index is -0.0988. The number of fused-ring (bicyclic) bond motifs is 1. The number of ether oxygens (including phenoxy) is 2. The normalized spacial score (nSPS) is 11.1. The minimum absolute atomic E-state index is 0.0578. The van der Waals surface area contributed by atoms with Gasteiger partial charge in [0.25, 0.3) is 5.56 Å². The quantitative estimate of drug-likeness (QED) is 0.339. The van der Waals surface area contributed by atoms with E-state index in [1.165, 1.54) is 11.8 Å². The van der Waals surface area contributed by atoms with Crippen LogP contribution in [-0.2, 0) is 17.8 Å². The number of rotatable bonds is 11. The van der Waals surface area contributed by atoms with Crippen molar-refractivity contribution >= 4 is 28.6 Å². The van der Waals surface area contributed by atoms with Gasteiger partial charge in [0.2, 0.25) is 5.91 Å². The minimum Gasteiger partial charge on any atom is -0.493 e. The molecule has 0 fully saturated rings. The lowest BCUT2D eigenvalue weighted by molar-refractivity contribution is -0.118. The fourth-order valence-electron chi connectivity index (χ4n) is 3.41. The number of carbonyl (C=O) groups excluding carboxylic acids is 1. The number of carbonyl (C=O) groups is 1. The molecule has 0 aliphatic heterocycles. The van der Waals surface area contributed by atoms with E-state index in [0.717, 1.165) is 12.0 Å². The molecule has 0 saturated carbocycles. The topological polar surface area (TPSA) is 82.5 Å². The predicted octanol–water partition coefficient (Wildman–Crippen LogP) is 3.91. The lowest BCUT2D eigenvalue weighted by Gasteiger charge is -2.14. The van der Waals surface area contributed by atoms with E-state index in [9.17, 15) is 9.59 Å². The maximum atomic E-state index is 13.0. The van der Waals surface area contributed by atoms with E-state index in [2.05, 4.69) is 24.1 Å². The van der Waals surface area contributed by atoms with Crippen molar-refractivity contribution in [3.05, 3.63) is 58.4 Å². The van der Waals surface area contributed by atoms with Crippen molar-refractivity contribution in [2.75, 3.05) is 26.5 Å². The molecule has 1 heterocycles. The fourth-order valence-corrected chi connectivity index (χ4v) is 4.26. The monoisotopic (exact) mass is 469 g/mol. The number of amides is 1. The van der Waals surface area contributed by atoms with E-state index in [1.807, 2.05) is 36.4 Å². The van der Waals surface area contributed by atoms with Gasteiger partial charge in [-0.15, -0.1) is 0 Å². The van der Waals surface area contributed by atoms with Gasteiger partial charge in [-0.2, -0.15) is 0 Å². The molecule has 8 heteroatoms. The van der Waals surface area contributed by atoms with E-state index < -0.39 is 0 Å². The van der Waals surface area contributed by atoms with E-state index in [1.54, 1.807) is 24.9 Å². The highest BCUT2D eigenvalue weighted by Crippen LogP contribution is 2.27. The van der Waals surface area contributed by atoms with Crippen LogP contribution in [0.1, 0.15) is 25.8 Å². The van der Waals surface area contributed by atoms with Crippen LogP contribution in [0, 0.1) is 5.92 Å². The molecule has 0 saturated heterocycles. The Bertz CT molecular complexity index is 1160. The molecule has 3 rings (SSSR count). The van der Waals surface area contributed by atoms with Crippen LogP contribution in [0.15, 0.2) is 52.4 Å². The summed E-state index contributed by atoms with van der Waals surface area (Å²) in [6, 6.07) is 13.1. The van der Waals surface area contributed by atoms with Crippen LogP contribution in [0.2, 0.25) is 0 Å². The van der Waals surface area contributed by atoms with Crippen molar-refractivity contribution in [3.8, 4) is 11.5 Å². The Morgan fingerprint density at radius 3 is 2.61 bits per heavy atom. The highest BCUT2D eigenvalue weighted by molar-refractivity contribution is 7.99. The average molecular weight is 470 g/mol. The van der Waals surface area contributed by atoms with Crippen molar-refractivity contribution in [3.63, 3.8) is 0 Å². The Labute approximate surface area is 198 Å². The zero-order valence-electron chi connectivity index (χ0n) is 19.6. The van der Waals surface area contributed by atoms with Gasteiger partial charge in [0.1, 0.15) is 0 Å². The summed E-state index contributed by atoms with van der Waals surface area (Å²) >= 11 is 1.30. The van der Waals surface area contributed by atoms with Crippen molar-refractivity contribution < 1.29 is 14.3 Å². The standard InChI is InChI=1S/C25H31N3O4S/c1-17(2)12-14-28-24(30)19-7-5-6-8-20(19)27-25(28)33-16-23(29)26-13-11-18-9-10-21(31-3)22(15-18)32-4/h5-10,15,17H,11-14,16H2,1-4H3,(H,26,29). The SMILES string of the molecule is COc1ccc(CCNC(=O)CSc2nc3ccccc3c(=O)n2CCC(C)C)cc1OC. The summed E-state index contributed by atoms with van der Waals surface area (Å²) in [6.07, 6.45) is 1.54. The highest BCUT2D eigenvalue weighted by Gasteiger charge is 2.14. The predicted molar refractivity (Wildman–Crippen MR) is 132 cm³/mol. The van der Waals surface area contributed by atoms with Crippen molar-refractivity contribution in [2.24, 2.45) is 5.92 Å². The molecule has 1 amide bonds. The first kappa shape index (κ1) is 24.6. The summed E-state index contributed by atoms with van der Waals surface area (Å²) in [5, 5.41) is 4.12. The van der Waals surface area contributed by atoms with Crippen LogP contribution in [0.25, 0.3) is 10.9 Å². The van der Waals surface area contributed by atoms with E-state index in [4.69, 9.17) is 9.47 Å². The number of methoxy groups -OCH3 is 2. The van der Waals surface area contributed by atoms with Gasteiger partial charge in [0.15, 0.2) is 16.7 Å². The lowest BCUT2D eigenvalue weighted by Crippen LogP contribution is -2.28. The van der Waals surface area contributed by atoms with Crippen LogP contribution in [0.3, 0.4) is 0 Å². The number of hydrogen-bond acceptors (Lipinski definition) is 6. The zero-order valence-corrected chi connectivity index (χ0v) is 20.4. The van der Waals surface area contributed by atoms with Crippen LogP contribution in [0.4, 0.5) is 0 Å². The first-order valence-electron chi connectivity index (χ1n) is 11.0. The summed E-state index contributed by atoms with van der Waals surface area (Å²) in [4.78, 5) is 30.2. The average Bonchev–Trinajstić information content (AvgIpc) is 2.82. The number of benzene rings is 2. The molecule has 7 nitrogen and oxygen atoms in total. The smallest absolute Gasteiger partial charge is 0.262 e. The third kappa shape index (κ3) is 6.51. The Balaban J connectivity index is 1.63. The molecule has 0 unspecified atom stereocenters. The molecule has 176 valence electrons. The number of hydrogen-bond donors (Lipinski definition) is 1. The number of thioether (sulfide) groups is 1. The highest BCUT2D eigenvalue weighted by atomic mass is 32.2. The summed E-state index contributed by atoms with van der Waals surface area (Å²) in [5.74, 6) is 1.89. The largest absolute Gasteiger partial charge is 0.493 e. The van der Waals surface area contributed by atoms with Crippen LogP contribution < -0.4 is 20.3 Å². The molecule has 1 N–H and O–H groups in total. The van der Waals surface area contributed by atoms with Crippen molar-refractivity contribution in [1.29, 1.82) is 0 Å². The van der Waals surface area contributed by atoms with Crippen LogP contribution in [0.5, 0.6) is 11.5 Å². The summed E-state index contributed by atoms with van der Waals surface area (Å²) in [5.41, 5.74) is 1.64. The molecule has 0 aliphatic carbocycles. The fraction of sp³-hybridized carbons (Fsp3) is 0.400. The zero-order chi connectivity index (χ0) is 23.8. The van der Waals surface area contributed by atoms with Gasteiger partial charge >= 0.3 is 0 Å². The molecule has 0 spiro atoms. The Morgan fingerprint density at radius 2 is 1.88 bits per heavy atom. The Morgan fingerprint density at radius 1 is 1.12 bits per heavy atom. The first-order chi connectivity index (χ1) is 15.9. The van der Waals surface area contributed by atoms with Crippen molar-refractivity contribution in [2.45, 2.75) is 38.4 Å². The molecular formula is C25H31N3O4S. The van der Waals surface area contributed by atoms with Crippen LogP contribution >= 0.6 is 11.8 Å². The molecule has 3 aromatic rings. The second kappa shape index (κ2) is 11.7. The van der Waals surface area contributed by atoms with Gasteiger partial charge in [-0.25, -0.2) is 4.98 Å². The summed E-state index contributed by atoms with van der Waals surface area (Å²) < 4.78 is 12.3. The Hall–Kier alpha value is -3.00. The number of aromatic nitrogens is 2. The van der Waals surface area contributed by atoms with Gasteiger partial charge in [0, 0.05) is 13.1 Å². The van der Waals surface area contributed by atoms with Crippen molar-refractivity contribution in [1.82, 2.24) is 14.9 Å². The van der Waals surface area contributed by atoms with E-state index >= 15 is 0 Å². The molecule has 2 aromatic carbocycles. The second-order valence-electron chi connectivity index (χ2n) is 8.13. The van der Waals surface area contributed by atoms with E-state index in [-0.39, 0.29) is 17.2 Å². The molecule has 0 atom stereocenters. The molecule has 33 heavy (non-hydrogen) atoms. The summed E-state index contributed by atoms with van der Waals surface area (Å²) in [7, 11) is 3.20. The first-order valence-corrected chi connectivity index (χ1v) is 12.0. The van der Waals surface area contributed by atoms with Gasteiger partial charge in [-0.3, -0.25) is 14.2 Å². The third-order valence-electron chi connectivity index (χ3n) is 5.27. The maximum absolute atomic E-state index is 13.0. The van der Waals surface area contributed by atoms with E-state index in [0.29, 0.717) is 53.0 Å².